The summed E-state index contributed by atoms with van der Waals surface area (Å²) >= 11 is 0. The number of aromatic nitrogens is 1. The number of nitriles is 1. The third kappa shape index (κ3) is 4.58. The van der Waals surface area contributed by atoms with E-state index in [2.05, 4.69) is 21.9 Å². The first kappa shape index (κ1) is 22.5. The smallest absolute Gasteiger partial charge is 0.257 e. The summed E-state index contributed by atoms with van der Waals surface area (Å²) in [5.41, 5.74) is 14.8. The summed E-state index contributed by atoms with van der Waals surface area (Å²) in [4.78, 5) is 17.5. The summed E-state index contributed by atoms with van der Waals surface area (Å²) < 4.78 is 0. The number of hydrogen-bond donors (Lipinski definition) is 4. The Balaban J connectivity index is 1.55. The maximum absolute atomic E-state index is 13.1. The molecule has 1 heterocycles. The van der Waals surface area contributed by atoms with Gasteiger partial charge in [-0.05, 0) is 65.6 Å². The molecule has 0 radical (unpaired) electrons. The van der Waals surface area contributed by atoms with E-state index in [4.69, 9.17) is 5.73 Å². The van der Waals surface area contributed by atoms with Crippen LogP contribution in [0.5, 0.6) is 0 Å². The molecule has 0 atom stereocenters. The van der Waals surface area contributed by atoms with E-state index in [1.54, 1.807) is 30.5 Å². The van der Waals surface area contributed by atoms with Crippen LogP contribution < -0.4 is 16.5 Å². The molecule has 0 unspecified atom stereocenters. The predicted octanol–water partition coefficient (Wildman–Crippen LogP) is 5.16. The molecule has 0 aliphatic rings. The van der Waals surface area contributed by atoms with Crippen LogP contribution >= 0.6 is 0 Å². The van der Waals surface area contributed by atoms with Gasteiger partial charge in [-0.1, -0.05) is 36.4 Å². The fourth-order valence-corrected chi connectivity index (χ4v) is 3.79. The first-order valence-electron chi connectivity index (χ1n) is 10.6. The van der Waals surface area contributed by atoms with Crippen LogP contribution in [0.2, 0.25) is 0 Å². The third-order valence-corrected chi connectivity index (χ3v) is 5.74. The van der Waals surface area contributed by atoms with E-state index >= 15 is 0 Å². The van der Waals surface area contributed by atoms with Crippen LogP contribution in [0.15, 0.2) is 79.0 Å². The first-order valence-corrected chi connectivity index (χ1v) is 10.6. The van der Waals surface area contributed by atoms with E-state index in [-0.39, 0.29) is 5.91 Å². The Kier molecular flexibility index (Phi) is 6.53. The quantitative estimate of drug-likeness (QED) is 0.238. The lowest BCUT2D eigenvalue weighted by molar-refractivity contribution is 0.102. The average Bonchev–Trinajstić information content (AvgIpc) is 2.87. The lowest BCUT2D eigenvalue weighted by Crippen LogP contribution is -2.15. The topological polar surface area (TPSA) is 124 Å². The van der Waals surface area contributed by atoms with Gasteiger partial charge in [0.25, 0.3) is 5.91 Å². The molecule has 4 aromatic rings. The van der Waals surface area contributed by atoms with E-state index in [0.29, 0.717) is 40.3 Å². The van der Waals surface area contributed by atoms with Gasteiger partial charge < -0.3 is 11.1 Å². The average molecular weight is 450 g/mol. The number of nitrogens with zero attached hydrogens (tertiary/aromatic N) is 2. The van der Waals surface area contributed by atoms with E-state index in [9.17, 15) is 15.3 Å². The summed E-state index contributed by atoms with van der Waals surface area (Å²) in [5, 5.41) is 21.4. The van der Waals surface area contributed by atoms with Crippen molar-refractivity contribution in [1.82, 2.24) is 4.98 Å². The minimum atomic E-state index is -0.271. The van der Waals surface area contributed by atoms with Gasteiger partial charge >= 0.3 is 0 Å². The van der Waals surface area contributed by atoms with Crippen molar-refractivity contribution in [3.8, 4) is 17.2 Å². The minimum absolute atomic E-state index is 0.271. The highest BCUT2D eigenvalue weighted by Gasteiger charge is 2.15. The number of nitrogen functional groups attached to an aromatic ring is 1. The van der Waals surface area contributed by atoms with Crippen LogP contribution in [-0.4, -0.2) is 16.1 Å². The molecule has 7 nitrogen and oxygen atoms in total. The molecule has 4 rings (SSSR count). The molecule has 0 saturated carbocycles. The second-order valence-electron chi connectivity index (χ2n) is 7.79. The van der Waals surface area contributed by atoms with Gasteiger partial charge in [0.15, 0.2) is 0 Å². The van der Waals surface area contributed by atoms with Crippen LogP contribution in [0, 0.1) is 18.3 Å². The Morgan fingerprint density at radius 3 is 2.56 bits per heavy atom. The molecule has 0 bridgehead atoms. The second-order valence-corrected chi connectivity index (χ2v) is 7.79. The maximum atomic E-state index is 13.1. The lowest BCUT2D eigenvalue weighted by Gasteiger charge is -2.14. The van der Waals surface area contributed by atoms with Crippen LogP contribution in [0.1, 0.15) is 32.7 Å². The lowest BCUT2D eigenvalue weighted by atomic mass is 9.98. The number of nitrogens with two attached hydrogens (primary N) is 1. The third-order valence-electron chi connectivity index (χ3n) is 5.74. The van der Waals surface area contributed by atoms with Gasteiger partial charge in [-0.2, -0.15) is 5.26 Å². The zero-order chi connectivity index (χ0) is 24.1. The summed E-state index contributed by atoms with van der Waals surface area (Å²) in [6, 6.07) is 23.9. The molecule has 5 N–H and O–H groups in total. The Hall–Kier alpha value is -4.67. The Bertz CT molecular complexity index is 1390. The highest BCUT2D eigenvalue weighted by Crippen LogP contribution is 2.28. The molecule has 1 amide bonds. The van der Waals surface area contributed by atoms with Crippen LogP contribution in [0.3, 0.4) is 0 Å². The summed E-state index contributed by atoms with van der Waals surface area (Å²) in [7, 11) is 0. The van der Waals surface area contributed by atoms with Crippen molar-refractivity contribution in [1.29, 1.82) is 5.26 Å². The normalized spacial score (nSPS) is 10.4. The molecule has 0 fully saturated rings. The van der Waals surface area contributed by atoms with Crippen molar-refractivity contribution < 1.29 is 10.0 Å². The highest BCUT2D eigenvalue weighted by atomic mass is 16.5. The number of pyridine rings is 1. The number of carbonyl (C=O) groups excluding carboxylic acids is 1. The van der Waals surface area contributed by atoms with Gasteiger partial charge in [-0.15, -0.1) is 0 Å². The number of hydrogen-bond acceptors (Lipinski definition) is 6. The van der Waals surface area contributed by atoms with E-state index in [0.717, 1.165) is 22.3 Å². The minimum Gasteiger partial charge on any atom is -0.397 e. The standard InChI is InChI=1S/C27H23N5O2/c1-17-19(10-13-24(32-34)26(17)29)15-25-23(7-4-14-30-25)27(33)31-21-11-8-18(9-12-21)22-6-3-2-5-20(22)16-28/h2-14,32,34H,15,29H2,1H3,(H,31,33). The Morgan fingerprint density at radius 1 is 1.06 bits per heavy atom. The molecule has 34 heavy (non-hydrogen) atoms. The van der Waals surface area contributed by atoms with Crippen LogP contribution in [0.4, 0.5) is 17.1 Å². The Labute approximate surface area is 197 Å². The molecule has 1 aromatic heterocycles. The molecule has 0 aliphatic carbocycles. The summed E-state index contributed by atoms with van der Waals surface area (Å²) in [6.07, 6.45) is 2.06. The van der Waals surface area contributed by atoms with Gasteiger partial charge in [0.2, 0.25) is 0 Å². The van der Waals surface area contributed by atoms with Crippen molar-refractivity contribution in [3.05, 3.63) is 107 Å². The van der Waals surface area contributed by atoms with Gasteiger partial charge in [0.1, 0.15) is 0 Å². The molecule has 0 saturated heterocycles. The van der Waals surface area contributed by atoms with Gasteiger partial charge in [-0.25, -0.2) is 0 Å². The zero-order valence-electron chi connectivity index (χ0n) is 18.5. The maximum Gasteiger partial charge on any atom is 0.257 e. The molecule has 168 valence electrons. The van der Waals surface area contributed by atoms with Crippen molar-refractivity contribution in [3.63, 3.8) is 0 Å². The van der Waals surface area contributed by atoms with E-state index in [1.165, 1.54) is 0 Å². The number of rotatable bonds is 6. The number of benzene rings is 3. The monoisotopic (exact) mass is 449 g/mol. The van der Waals surface area contributed by atoms with Crippen molar-refractivity contribution in [2.24, 2.45) is 0 Å². The molecule has 7 heteroatoms. The molecular weight excluding hydrogens is 426 g/mol. The number of anilines is 3. The SMILES string of the molecule is Cc1c(Cc2ncccc2C(=O)Nc2ccc(-c3ccccc3C#N)cc2)ccc(NO)c1N. The largest absolute Gasteiger partial charge is 0.397 e. The van der Waals surface area contributed by atoms with Gasteiger partial charge in [0, 0.05) is 18.3 Å². The fraction of sp³-hybridized carbons (Fsp3) is 0.0741. The van der Waals surface area contributed by atoms with Crippen molar-refractivity contribution in [2.75, 3.05) is 16.5 Å². The summed E-state index contributed by atoms with van der Waals surface area (Å²) in [6.45, 7) is 1.86. The molecular formula is C27H23N5O2. The second kappa shape index (κ2) is 9.86. The zero-order valence-corrected chi connectivity index (χ0v) is 18.5. The number of amides is 1. The number of nitrogens with one attached hydrogen (secondary N) is 2. The van der Waals surface area contributed by atoms with Crippen LogP contribution in [-0.2, 0) is 6.42 Å². The van der Waals surface area contributed by atoms with Crippen molar-refractivity contribution >= 4 is 23.0 Å². The number of carbonyl (C=O) groups is 1. The predicted molar refractivity (Wildman–Crippen MR) is 133 cm³/mol. The summed E-state index contributed by atoms with van der Waals surface area (Å²) in [5.74, 6) is -0.271. The highest BCUT2D eigenvalue weighted by molar-refractivity contribution is 6.05. The fourth-order valence-electron chi connectivity index (χ4n) is 3.79. The molecule has 0 spiro atoms. The van der Waals surface area contributed by atoms with Gasteiger partial charge in [-0.3, -0.25) is 20.5 Å². The van der Waals surface area contributed by atoms with Crippen molar-refractivity contribution in [2.45, 2.75) is 13.3 Å². The van der Waals surface area contributed by atoms with E-state index < -0.39 is 0 Å². The molecule has 3 aromatic carbocycles. The first-order chi connectivity index (χ1) is 16.5. The van der Waals surface area contributed by atoms with Crippen LogP contribution in [0.25, 0.3) is 11.1 Å². The Morgan fingerprint density at radius 2 is 1.82 bits per heavy atom. The van der Waals surface area contributed by atoms with Gasteiger partial charge in [0.05, 0.1) is 34.3 Å². The molecule has 0 aliphatic heterocycles. The van der Waals surface area contributed by atoms with E-state index in [1.807, 2.05) is 55.5 Å².